The minimum Gasteiger partial charge on any atom is -0.455 e. The third-order valence-electron chi connectivity index (χ3n) is 4.09. The van der Waals surface area contributed by atoms with Gasteiger partial charge in [0, 0.05) is 6.42 Å². The van der Waals surface area contributed by atoms with Gasteiger partial charge in [0.25, 0.3) is 5.91 Å². The summed E-state index contributed by atoms with van der Waals surface area (Å²) in [6.07, 6.45) is 3.39. The number of alkyl halides is 2. The van der Waals surface area contributed by atoms with Crippen LogP contribution in [0.2, 0.25) is 0 Å². The number of nitrogens with zero attached hydrogens (tertiary/aromatic N) is 1. The molecule has 2 rings (SSSR count). The molecule has 0 spiro atoms. The van der Waals surface area contributed by atoms with Crippen LogP contribution in [-0.4, -0.2) is 28.4 Å². The van der Waals surface area contributed by atoms with Crippen molar-refractivity contribution in [1.82, 2.24) is 5.32 Å². The fourth-order valence-electron chi connectivity index (χ4n) is 2.46. The summed E-state index contributed by atoms with van der Waals surface area (Å²) in [5.41, 5.74) is -1.76. The Kier molecular flexibility index (Phi) is 3.92. The fourth-order valence-corrected chi connectivity index (χ4v) is 3.15. The van der Waals surface area contributed by atoms with Gasteiger partial charge in [0.2, 0.25) is 0 Å². The van der Waals surface area contributed by atoms with E-state index in [4.69, 9.17) is 33.2 Å². The van der Waals surface area contributed by atoms with Crippen LogP contribution in [0.4, 0.5) is 0 Å². The molecule has 0 aliphatic heterocycles. The predicted octanol–water partition coefficient (Wildman–Crippen LogP) is 2.07. The predicted molar refractivity (Wildman–Crippen MR) is 73.1 cm³/mol. The molecule has 5 nitrogen and oxygen atoms in total. The quantitative estimate of drug-likeness (QED) is 0.635. The number of nitriles is 1. The Morgan fingerprint density at radius 2 is 1.90 bits per heavy atom. The summed E-state index contributed by atoms with van der Waals surface area (Å²) in [4.78, 5) is 23.6. The third kappa shape index (κ3) is 2.72. The van der Waals surface area contributed by atoms with Gasteiger partial charge in [0.15, 0.2) is 6.61 Å². The van der Waals surface area contributed by atoms with Crippen molar-refractivity contribution in [3.8, 4) is 6.07 Å². The number of carbonyl (C=O) groups excluding carboxylic acids is 2. The molecule has 0 unspecified atom stereocenters. The van der Waals surface area contributed by atoms with Gasteiger partial charge >= 0.3 is 5.97 Å². The van der Waals surface area contributed by atoms with Crippen LogP contribution in [0, 0.1) is 16.7 Å². The summed E-state index contributed by atoms with van der Waals surface area (Å²) < 4.78 is 3.83. The number of carbonyl (C=O) groups is 2. The maximum absolute atomic E-state index is 11.8. The zero-order chi connectivity index (χ0) is 15.0. The van der Waals surface area contributed by atoms with E-state index in [9.17, 15) is 9.59 Å². The smallest absolute Gasteiger partial charge is 0.315 e. The monoisotopic (exact) mass is 318 g/mol. The highest BCUT2D eigenvalue weighted by molar-refractivity contribution is 6.53. The van der Waals surface area contributed by atoms with E-state index in [1.54, 1.807) is 6.92 Å². The molecule has 1 atom stereocenters. The number of esters is 1. The molecule has 0 radical (unpaired) electrons. The van der Waals surface area contributed by atoms with Gasteiger partial charge < -0.3 is 10.1 Å². The van der Waals surface area contributed by atoms with Crippen LogP contribution in [-0.2, 0) is 14.3 Å². The lowest BCUT2D eigenvalue weighted by Gasteiger charge is -2.22. The minimum absolute atomic E-state index is 0.311. The number of ether oxygens (including phenoxy) is 1. The summed E-state index contributed by atoms with van der Waals surface area (Å²) >= 11 is 11.7. The second-order valence-electron chi connectivity index (χ2n) is 5.74. The first-order chi connectivity index (χ1) is 9.25. The van der Waals surface area contributed by atoms with Gasteiger partial charge in [-0.05, 0) is 32.6 Å². The molecule has 1 amide bonds. The Bertz CT molecular complexity index is 480. The largest absolute Gasteiger partial charge is 0.455 e. The summed E-state index contributed by atoms with van der Waals surface area (Å²) in [6, 6.07) is 2.14. The molecule has 20 heavy (non-hydrogen) atoms. The molecule has 2 aliphatic carbocycles. The highest BCUT2D eigenvalue weighted by Gasteiger charge is 2.69. The van der Waals surface area contributed by atoms with Gasteiger partial charge in [-0.1, -0.05) is 0 Å². The molecule has 2 saturated carbocycles. The van der Waals surface area contributed by atoms with Gasteiger partial charge in [-0.25, -0.2) is 0 Å². The van der Waals surface area contributed by atoms with Crippen LogP contribution in [0.5, 0.6) is 0 Å². The molecule has 2 fully saturated rings. The van der Waals surface area contributed by atoms with Crippen LogP contribution < -0.4 is 5.32 Å². The lowest BCUT2D eigenvalue weighted by molar-refractivity contribution is -0.153. The first-order valence-corrected chi connectivity index (χ1v) is 7.28. The lowest BCUT2D eigenvalue weighted by atomic mass is 10.00. The van der Waals surface area contributed by atoms with E-state index >= 15 is 0 Å². The van der Waals surface area contributed by atoms with Crippen molar-refractivity contribution in [1.29, 1.82) is 5.26 Å². The van der Waals surface area contributed by atoms with E-state index < -0.39 is 33.8 Å². The standard InChI is InChI=1S/C13H16Cl2N2O3/c1-11(7-13(11,14)15)10(19)20-6-9(18)17-12(8-16)4-2-3-5-12/h2-7H2,1H3,(H,17,18)/t11-/m0/s1. The molecular weight excluding hydrogens is 303 g/mol. The first kappa shape index (κ1) is 15.4. The Hall–Kier alpha value is -0.990. The number of nitrogens with one attached hydrogen (secondary N) is 1. The second-order valence-corrected chi connectivity index (χ2v) is 7.22. The Morgan fingerprint density at radius 1 is 1.35 bits per heavy atom. The van der Waals surface area contributed by atoms with Crippen molar-refractivity contribution >= 4 is 35.1 Å². The van der Waals surface area contributed by atoms with Crippen LogP contribution in [0.15, 0.2) is 0 Å². The van der Waals surface area contributed by atoms with Gasteiger partial charge in [-0.15, -0.1) is 23.2 Å². The SMILES string of the molecule is C[C@@]1(C(=O)OCC(=O)NC2(C#N)CCCC2)CC1(Cl)Cl. The van der Waals surface area contributed by atoms with Crippen molar-refractivity contribution in [2.75, 3.05) is 6.61 Å². The van der Waals surface area contributed by atoms with Gasteiger partial charge in [0.1, 0.15) is 15.3 Å². The molecular formula is C13H16Cl2N2O3. The van der Waals surface area contributed by atoms with E-state index in [-0.39, 0.29) is 0 Å². The maximum atomic E-state index is 11.8. The summed E-state index contributed by atoms with van der Waals surface area (Å²) in [5, 5.41) is 11.8. The summed E-state index contributed by atoms with van der Waals surface area (Å²) in [6.45, 7) is 1.18. The molecule has 0 aromatic carbocycles. The lowest BCUT2D eigenvalue weighted by Crippen LogP contribution is -2.47. The van der Waals surface area contributed by atoms with Crippen LogP contribution in [0.25, 0.3) is 0 Å². The fraction of sp³-hybridized carbons (Fsp3) is 0.769. The number of rotatable bonds is 4. The number of hydrogen-bond donors (Lipinski definition) is 1. The number of halogens is 2. The molecule has 0 aromatic rings. The Labute approximate surface area is 127 Å². The average Bonchev–Trinajstić information content (AvgIpc) is 2.77. The summed E-state index contributed by atoms with van der Waals surface area (Å²) in [5.74, 6) is -1.06. The molecule has 0 aromatic heterocycles. The Balaban J connectivity index is 1.82. The van der Waals surface area contributed by atoms with Gasteiger partial charge in [-0.3, -0.25) is 9.59 Å². The van der Waals surface area contributed by atoms with Crippen LogP contribution >= 0.6 is 23.2 Å². The van der Waals surface area contributed by atoms with Crippen LogP contribution in [0.1, 0.15) is 39.0 Å². The van der Waals surface area contributed by atoms with E-state index in [2.05, 4.69) is 11.4 Å². The molecule has 0 bridgehead atoms. The molecule has 0 heterocycles. The van der Waals surface area contributed by atoms with Gasteiger partial charge in [-0.2, -0.15) is 5.26 Å². The van der Waals surface area contributed by atoms with Crippen LogP contribution in [0.3, 0.4) is 0 Å². The van der Waals surface area contributed by atoms with Crippen molar-refractivity contribution in [2.45, 2.75) is 48.9 Å². The molecule has 2 aliphatic rings. The third-order valence-corrected chi connectivity index (χ3v) is 5.19. The maximum Gasteiger partial charge on any atom is 0.315 e. The molecule has 7 heteroatoms. The molecule has 0 saturated heterocycles. The average molecular weight is 319 g/mol. The topological polar surface area (TPSA) is 79.2 Å². The normalized spacial score (nSPS) is 29.3. The number of amides is 1. The Morgan fingerprint density at radius 3 is 2.35 bits per heavy atom. The second kappa shape index (κ2) is 5.09. The van der Waals surface area contributed by atoms with Crippen molar-refractivity contribution in [2.24, 2.45) is 5.41 Å². The van der Waals surface area contributed by atoms with E-state index in [0.717, 1.165) is 12.8 Å². The summed E-state index contributed by atoms with van der Waals surface area (Å²) in [7, 11) is 0. The van der Waals surface area contributed by atoms with Crippen molar-refractivity contribution < 1.29 is 14.3 Å². The molecule has 110 valence electrons. The van der Waals surface area contributed by atoms with E-state index in [0.29, 0.717) is 19.3 Å². The van der Waals surface area contributed by atoms with E-state index in [1.807, 2.05) is 0 Å². The first-order valence-electron chi connectivity index (χ1n) is 6.52. The van der Waals surface area contributed by atoms with E-state index in [1.165, 1.54) is 0 Å². The highest BCUT2D eigenvalue weighted by atomic mass is 35.5. The number of hydrogen-bond acceptors (Lipinski definition) is 4. The zero-order valence-electron chi connectivity index (χ0n) is 11.2. The molecule has 1 N–H and O–H groups in total. The van der Waals surface area contributed by atoms with Gasteiger partial charge in [0.05, 0.1) is 6.07 Å². The minimum atomic E-state index is -1.11. The zero-order valence-corrected chi connectivity index (χ0v) is 12.7. The highest BCUT2D eigenvalue weighted by Crippen LogP contribution is 2.64. The van der Waals surface area contributed by atoms with Crippen molar-refractivity contribution in [3.05, 3.63) is 0 Å². The van der Waals surface area contributed by atoms with Crippen molar-refractivity contribution in [3.63, 3.8) is 0 Å².